The van der Waals surface area contributed by atoms with Gasteiger partial charge in [-0.2, -0.15) is 0 Å². The fraction of sp³-hybridized carbons (Fsp3) is 0.900. The first kappa shape index (κ1) is 21.0. The average Bonchev–Trinajstić information content (AvgIpc) is 2.82. The van der Waals surface area contributed by atoms with Gasteiger partial charge in [0.15, 0.2) is 0 Å². The minimum Gasteiger partial charge on any atom is -0.400 e. The second kappa shape index (κ2) is 9.03. The van der Waals surface area contributed by atoms with Crippen molar-refractivity contribution in [3.05, 3.63) is 11.5 Å². The smallest absolute Gasteiger partial charge is 0.400 e. The summed E-state index contributed by atoms with van der Waals surface area (Å²) in [4.78, 5) is 2.61. The number of hydrogen-bond acceptors (Lipinski definition) is 4. The molecule has 2 saturated heterocycles. The van der Waals surface area contributed by atoms with E-state index in [0.29, 0.717) is 6.04 Å². The molecule has 2 aliphatic heterocycles. The van der Waals surface area contributed by atoms with Crippen LogP contribution in [0, 0.1) is 0 Å². The third kappa shape index (κ3) is 4.68. The number of rotatable bonds is 3. The van der Waals surface area contributed by atoms with E-state index in [1.165, 1.54) is 18.4 Å². The zero-order valence-electron chi connectivity index (χ0n) is 17.3. The summed E-state index contributed by atoms with van der Waals surface area (Å²) in [7, 11) is -0.150. The quantitative estimate of drug-likeness (QED) is 0.712. The molecule has 4 nitrogen and oxygen atoms in total. The number of allylic oxidation sites excluding steroid dienone is 1. The van der Waals surface area contributed by atoms with Crippen molar-refractivity contribution in [2.24, 2.45) is 0 Å². The third-order valence-corrected chi connectivity index (χ3v) is 6.21. The Kier molecular flexibility index (Phi) is 7.57. The highest BCUT2D eigenvalue weighted by atomic mass is 16.7. The third-order valence-electron chi connectivity index (χ3n) is 6.21. The van der Waals surface area contributed by atoms with Crippen LogP contribution >= 0.6 is 0 Å². The van der Waals surface area contributed by atoms with Crippen molar-refractivity contribution >= 4 is 7.12 Å². The Balaban J connectivity index is 0.00000109. The molecule has 2 atom stereocenters. The first-order valence-electron chi connectivity index (χ1n) is 10.3. The Hall–Kier alpha value is -0.355. The number of nitrogens with zero attached hydrogens (tertiary/aromatic N) is 1. The van der Waals surface area contributed by atoms with Crippen LogP contribution in [0.5, 0.6) is 0 Å². The average molecular weight is 351 g/mol. The Morgan fingerprint density at radius 3 is 2.52 bits per heavy atom. The zero-order valence-corrected chi connectivity index (χ0v) is 17.3. The molecular formula is C20H38BNO3. The van der Waals surface area contributed by atoms with Crippen molar-refractivity contribution < 1.29 is 14.0 Å². The molecule has 25 heavy (non-hydrogen) atoms. The van der Waals surface area contributed by atoms with Gasteiger partial charge in [-0.15, -0.1) is 0 Å². The van der Waals surface area contributed by atoms with Gasteiger partial charge in [0.25, 0.3) is 0 Å². The second-order valence-corrected chi connectivity index (χ2v) is 7.87. The van der Waals surface area contributed by atoms with Gasteiger partial charge < -0.3 is 14.0 Å². The summed E-state index contributed by atoms with van der Waals surface area (Å²) < 4.78 is 18.2. The monoisotopic (exact) mass is 351 g/mol. The van der Waals surface area contributed by atoms with Crippen molar-refractivity contribution in [2.45, 2.75) is 90.9 Å². The highest BCUT2D eigenvalue weighted by Gasteiger charge is 2.54. The van der Waals surface area contributed by atoms with E-state index < -0.39 is 0 Å². The molecule has 3 aliphatic rings. The lowest BCUT2D eigenvalue weighted by molar-refractivity contribution is -0.0118. The van der Waals surface area contributed by atoms with Gasteiger partial charge in [-0.25, -0.2) is 0 Å². The van der Waals surface area contributed by atoms with E-state index >= 15 is 0 Å². The van der Waals surface area contributed by atoms with Crippen LogP contribution in [-0.4, -0.2) is 55.6 Å². The largest absolute Gasteiger partial charge is 0.490 e. The number of ether oxygens (including phenoxy) is 1. The summed E-state index contributed by atoms with van der Waals surface area (Å²) in [6.45, 7) is 16.7. The van der Waals surface area contributed by atoms with Gasteiger partial charge in [-0.05, 0) is 58.3 Å². The summed E-state index contributed by atoms with van der Waals surface area (Å²) in [6.07, 6.45) is 7.91. The van der Waals surface area contributed by atoms with Crippen LogP contribution in [0.15, 0.2) is 11.5 Å². The van der Waals surface area contributed by atoms with Crippen LogP contribution in [0.25, 0.3) is 0 Å². The Morgan fingerprint density at radius 1 is 1.16 bits per heavy atom. The molecule has 0 amide bonds. The van der Waals surface area contributed by atoms with Crippen LogP contribution in [0.2, 0.25) is 0 Å². The second-order valence-electron chi connectivity index (χ2n) is 7.87. The lowest BCUT2D eigenvalue weighted by Gasteiger charge is -2.35. The molecule has 0 N–H and O–H groups in total. The van der Waals surface area contributed by atoms with Crippen LogP contribution in [0.4, 0.5) is 0 Å². The molecule has 0 saturated carbocycles. The fourth-order valence-corrected chi connectivity index (χ4v) is 3.97. The first-order chi connectivity index (χ1) is 12.0. The Bertz CT molecular complexity index is 446. The highest BCUT2D eigenvalue weighted by Crippen LogP contribution is 2.42. The lowest BCUT2D eigenvalue weighted by Crippen LogP contribution is -2.44. The van der Waals surface area contributed by atoms with Gasteiger partial charge >= 0.3 is 7.12 Å². The highest BCUT2D eigenvalue weighted by molar-refractivity contribution is 6.54. The van der Waals surface area contributed by atoms with Crippen molar-refractivity contribution in [2.75, 3.05) is 26.3 Å². The van der Waals surface area contributed by atoms with Crippen molar-refractivity contribution in [3.63, 3.8) is 0 Å². The standard InChI is InChI=1S/C18H32BNO3.C2H6/c1-5-18(4)17(2,3)22-19(23-18)15-7-9-16(10-8-15)20-11-6-13-21-14-12-20;1-2/h7,16H,5-6,8-14H2,1-4H3;1-2H3. The van der Waals surface area contributed by atoms with Gasteiger partial charge in [0.1, 0.15) is 0 Å². The molecule has 0 aromatic heterocycles. The Morgan fingerprint density at radius 2 is 1.92 bits per heavy atom. The molecular weight excluding hydrogens is 313 g/mol. The molecule has 0 radical (unpaired) electrons. The van der Waals surface area contributed by atoms with Gasteiger partial charge in [0.2, 0.25) is 0 Å². The summed E-state index contributed by atoms with van der Waals surface area (Å²) in [6, 6.07) is 0.660. The molecule has 5 heteroatoms. The number of hydrogen-bond donors (Lipinski definition) is 0. The molecule has 1 aliphatic carbocycles. The van der Waals surface area contributed by atoms with Gasteiger partial charge in [-0.3, -0.25) is 4.90 Å². The first-order valence-corrected chi connectivity index (χ1v) is 10.3. The summed E-state index contributed by atoms with van der Waals surface area (Å²) >= 11 is 0. The molecule has 144 valence electrons. The maximum absolute atomic E-state index is 6.33. The van der Waals surface area contributed by atoms with Crippen LogP contribution in [0.1, 0.15) is 73.6 Å². The summed E-state index contributed by atoms with van der Waals surface area (Å²) in [5.74, 6) is 0. The summed E-state index contributed by atoms with van der Waals surface area (Å²) in [5.41, 5.74) is 0.918. The van der Waals surface area contributed by atoms with Crippen LogP contribution in [0.3, 0.4) is 0 Å². The van der Waals surface area contributed by atoms with E-state index in [2.05, 4.69) is 38.7 Å². The molecule has 2 heterocycles. The topological polar surface area (TPSA) is 30.9 Å². The fourth-order valence-electron chi connectivity index (χ4n) is 3.97. The van der Waals surface area contributed by atoms with E-state index in [0.717, 1.165) is 45.4 Å². The van der Waals surface area contributed by atoms with Gasteiger partial charge in [0.05, 0.1) is 17.8 Å². The maximum Gasteiger partial charge on any atom is 0.490 e. The van der Waals surface area contributed by atoms with E-state index in [4.69, 9.17) is 14.0 Å². The SMILES string of the molecule is CC.CCC1(C)OB(C2=CCC(N3CCCOCC3)CC2)OC1(C)C. The van der Waals surface area contributed by atoms with Crippen molar-refractivity contribution in [1.29, 1.82) is 0 Å². The summed E-state index contributed by atoms with van der Waals surface area (Å²) in [5, 5.41) is 0. The molecule has 2 unspecified atom stereocenters. The Labute approximate surface area is 155 Å². The lowest BCUT2D eigenvalue weighted by atomic mass is 9.71. The maximum atomic E-state index is 6.33. The van der Waals surface area contributed by atoms with E-state index in [-0.39, 0.29) is 18.3 Å². The molecule has 0 aromatic rings. The molecule has 0 spiro atoms. The molecule has 3 rings (SSSR count). The minimum atomic E-state index is -0.230. The van der Waals surface area contributed by atoms with E-state index in [1.807, 2.05) is 13.8 Å². The predicted octanol–water partition coefficient (Wildman–Crippen LogP) is 4.24. The van der Waals surface area contributed by atoms with Crippen molar-refractivity contribution in [1.82, 2.24) is 4.90 Å². The van der Waals surface area contributed by atoms with E-state index in [9.17, 15) is 0 Å². The molecule has 0 bridgehead atoms. The normalized spacial score (nSPS) is 33.3. The van der Waals surface area contributed by atoms with E-state index in [1.54, 1.807) is 0 Å². The minimum absolute atomic E-state index is 0.150. The van der Waals surface area contributed by atoms with Crippen molar-refractivity contribution in [3.8, 4) is 0 Å². The molecule has 2 fully saturated rings. The van der Waals surface area contributed by atoms with Crippen LogP contribution in [-0.2, 0) is 14.0 Å². The molecule has 0 aromatic carbocycles. The van der Waals surface area contributed by atoms with Crippen LogP contribution < -0.4 is 0 Å². The predicted molar refractivity (Wildman–Crippen MR) is 105 cm³/mol. The van der Waals surface area contributed by atoms with Gasteiger partial charge in [-0.1, -0.05) is 26.8 Å². The van der Waals surface area contributed by atoms with Gasteiger partial charge in [0, 0.05) is 25.7 Å². The zero-order chi connectivity index (χ0) is 18.5.